The van der Waals surface area contributed by atoms with E-state index < -0.39 is 5.91 Å². The molecule has 7 nitrogen and oxygen atoms in total. The maximum Gasteiger partial charge on any atom is 0.272 e. The van der Waals surface area contributed by atoms with Crippen LogP contribution in [0.15, 0.2) is 53.9 Å². The van der Waals surface area contributed by atoms with Gasteiger partial charge in [-0.15, -0.1) is 5.10 Å². The zero-order valence-corrected chi connectivity index (χ0v) is 14.5. The minimum absolute atomic E-state index is 0.263. The Morgan fingerprint density at radius 3 is 2.76 bits per heavy atom. The summed E-state index contributed by atoms with van der Waals surface area (Å²) in [4.78, 5) is 12.2. The first-order chi connectivity index (χ1) is 12.0. The van der Waals surface area contributed by atoms with Gasteiger partial charge in [0, 0.05) is 5.02 Å². The summed E-state index contributed by atoms with van der Waals surface area (Å²) in [5.41, 5.74) is 5.00. The van der Waals surface area contributed by atoms with Crippen LogP contribution in [-0.2, 0) is 0 Å². The van der Waals surface area contributed by atoms with Crippen LogP contribution in [0.5, 0.6) is 0 Å². The van der Waals surface area contributed by atoms with Crippen LogP contribution in [-0.4, -0.2) is 31.8 Å². The van der Waals surface area contributed by atoms with Crippen molar-refractivity contribution in [2.45, 2.75) is 6.92 Å². The quantitative estimate of drug-likeness (QED) is 0.561. The molecule has 0 aliphatic carbocycles. The highest BCUT2D eigenvalue weighted by molar-refractivity contribution is 6.36. The standard InChI is InChI=1S/C16H12Cl2N6O/c1-10(11-3-2-4-13(7-11)24-9-19-22-23-24)20-21-16(25)14-6-5-12(17)8-15(14)18/h2-9H,1H3,(H,21,25)/b20-10+. The van der Waals surface area contributed by atoms with Crippen molar-refractivity contribution in [1.82, 2.24) is 25.6 Å². The van der Waals surface area contributed by atoms with Crippen molar-refractivity contribution in [3.63, 3.8) is 0 Å². The van der Waals surface area contributed by atoms with E-state index in [1.165, 1.54) is 17.1 Å². The molecule has 126 valence electrons. The summed E-state index contributed by atoms with van der Waals surface area (Å²) < 4.78 is 1.53. The zero-order valence-electron chi connectivity index (χ0n) is 13.0. The molecule has 1 N–H and O–H groups in total. The fourth-order valence-electron chi connectivity index (χ4n) is 2.09. The maximum atomic E-state index is 12.2. The molecular formula is C16H12Cl2N6O. The second-order valence-electron chi connectivity index (χ2n) is 5.07. The van der Waals surface area contributed by atoms with Gasteiger partial charge >= 0.3 is 0 Å². The van der Waals surface area contributed by atoms with Crippen molar-refractivity contribution in [3.05, 3.63) is 70.0 Å². The Kier molecular flexibility index (Phi) is 5.06. The average molecular weight is 375 g/mol. The third-order valence-electron chi connectivity index (χ3n) is 3.38. The van der Waals surface area contributed by atoms with Gasteiger partial charge in [-0.2, -0.15) is 5.10 Å². The number of nitrogens with zero attached hydrogens (tertiary/aromatic N) is 5. The normalized spacial score (nSPS) is 11.4. The summed E-state index contributed by atoms with van der Waals surface area (Å²) in [6.07, 6.45) is 1.50. The summed E-state index contributed by atoms with van der Waals surface area (Å²) in [7, 11) is 0. The SMILES string of the molecule is C/C(=N\NC(=O)c1ccc(Cl)cc1Cl)c1cccc(-n2cnnn2)c1. The van der Waals surface area contributed by atoms with E-state index in [1.54, 1.807) is 19.1 Å². The molecule has 0 bridgehead atoms. The first-order valence-electron chi connectivity index (χ1n) is 7.18. The van der Waals surface area contributed by atoms with E-state index in [4.69, 9.17) is 23.2 Å². The molecule has 0 unspecified atom stereocenters. The topological polar surface area (TPSA) is 85.1 Å². The first-order valence-corrected chi connectivity index (χ1v) is 7.93. The summed E-state index contributed by atoms with van der Waals surface area (Å²) in [5.74, 6) is -0.419. The summed E-state index contributed by atoms with van der Waals surface area (Å²) in [6, 6.07) is 12.1. The highest BCUT2D eigenvalue weighted by atomic mass is 35.5. The van der Waals surface area contributed by atoms with Crippen molar-refractivity contribution in [3.8, 4) is 5.69 Å². The van der Waals surface area contributed by atoms with Crippen molar-refractivity contribution in [1.29, 1.82) is 0 Å². The van der Waals surface area contributed by atoms with Crippen molar-refractivity contribution in [2.75, 3.05) is 0 Å². The summed E-state index contributed by atoms with van der Waals surface area (Å²) >= 11 is 11.8. The van der Waals surface area contributed by atoms with Gasteiger partial charge in [-0.05, 0) is 53.2 Å². The van der Waals surface area contributed by atoms with Crippen LogP contribution < -0.4 is 5.43 Å². The minimum Gasteiger partial charge on any atom is -0.267 e. The lowest BCUT2D eigenvalue weighted by molar-refractivity contribution is 0.0955. The number of nitrogens with one attached hydrogen (secondary N) is 1. The molecule has 0 radical (unpaired) electrons. The van der Waals surface area contributed by atoms with E-state index in [0.29, 0.717) is 16.3 Å². The molecule has 1 heterocycles. The number of benzene rings is 2. The molecule has 3 rings (SSSR count). The van der Waals surface area contributed by atoms with Gasteiger partial charge in [0.25, 0.3) is 5.91 Å². The van der Waals surface area contributed by atoms with E-state index >= 15 is 0 Å². The highest BCUT2D eigenvalue weighted by Crippen LogP contribution is 2.20. The molecule has 0 atom stereocenters. The molecule has 0 fully saturated rings. The Morgan fingerprint density at radius 2 is 2.04 bits per heavy atom. The Morgan fingerprint density at radius 1 is 1.20 bits per heavy atom. The number of rotatable bonds is 4. The molecule has 9 heteroatoms. The van der Waals surface area contributed by atoms with Gasteiger partial charge < -0.3 is 0 Å². The fourth-order valence-corrected chi connectivity index (χ4v) is 2.58. The minimum atomic E-state index is -0.419. The largest absolute Gasteiger partial charge is 0.272 e. The van der Waals surface area contributed by atoms with Crippen LogP contribution in [0.4, 0.5) is 0 Å². The first kappa shape index (κ1) is 17.1. The van der Waals surface area contributed by atoms with Gasteiger partial charge in [0.15, 0.2) is 0 Å². The Balaban J connectivity index is 1.78. The zero-order chi connectivity index (χ0) is 17.8. The lowest BCUT2D eigenvalue weighted by Gasteiger charge is -2.06. The van der Waals surface area contributed by atoms with E-state index in [0.717, 1.165) is 11.3 Å². The van der Waals surface area contributed by atoms with Crippen molar-refractivity contribution >= 4 is 34.8 Å². The smallest absolute Gasteiger partial charge is 0.267 e. The van der Waals surface area contributed by atoms with Crippen molar-refractivity contribution < 1.29 is 4.79 Å². The molecule has 0 aliphatic heterocycles. The molecular weight excluding hydrogens is 363 g/mol. The molecule has 2 aromatic carbocycles. The average Bonchev–Trinajstić information content (AvgIpc) is 3.14. The number of aromatic nitrogens is 4. The van der Waals surface area contributed by atoms with Gasteiger partial charge in [0.1, 0.15) is 6.33 Å². The monoisotopic (exact) mass is 374 g/mol. The predicted octanol–water partition coefficient (Wildman–Crippen LogP) is 3.12. The Hall–Kier alpha value is -2.77. The summed E-state index contributed by atoms with van der Waals surface area (Å²) in [5, 5.41) is 15.9. The van der Waals surface area contributed by atoms with E-state index in [-0.39, 0.29) is 5.02 Å². The van der Waals surface area contributed by atoms with Gasteiger partial charge in [0.05, 0.1) is 22.0 Å². The third kappa shape index (κ3) is 4.01. The second-order valence-corrected chi connectivity index (χ2v) is 5.91. The van der Waals surface area contributed by atoms with Crippen molar-refractivity contribution in [2.24, 2.45) is 5.10 Å². The molecule has 0 aliphatic rings. The van der Waals surface area contributed by atoms with Crippen LogP contribution >= 0.6 is 23.2 Å². The number of amides is 1. The lowest BCUT2D eigenvalue weighted by Crippen LogP contribution is -2.19. The summed E-state index contributed by atoms with van der Waals surface area (Å²) in [6.45, 7) is 1.78. The molecule has 0 saturated heterocycles. The molecule has 3 aromatic rings. The number of hydrogen-bond donors (Lipinski definition) is 1. The predicted molar refractivity (Wildman–Crippen MR) is 95.3 cm³/mol. The Bertz CT molecular complexity index is 940. The van der Waals surface area contributed by atoms with Crippen LogP contribution in [0.1, 0.15) is 22.8 Å². The van der Waals surface area contributed by atoms with Crippen LogP contribution in [0.25, 0.3) is 5.69 Å². The van der Waals surface area contributed by atoms with Gasteiger partial charge in [-0.1, -0.05) is 35.3 Å². The molecule has 1 amide bonds. The van der Waals surface area contributed by atoms with E-state index in [1.807, 2.05) is 24.3 Å². The molecule has 25 heavy (non-hydrogen) atoms. The van der Waals surface area contributed by atoms with Crippen LogP contribution in [0.3, 0.4) is 0 Å². The van der Waals surface area contributed by atoms with Gasteiger partial charge in [0.2, 0.25) is 0 Å². The van der Waals surface area contributed by atoms with Crippen LogP contribution in [0, 0.1) is 0 Å². The number of hydrazone groups is 1. The highest BCUT2D eigenvalue weighted by Gasteiger charge is 2.10. The van der Waals surface area contributed by atoms with E-state index in [9.17, 15) is 4.79 Å². The molecule has 1 aromatic heterocycles. The van der Waals surface area contributed by atoms with Gasteiger partial charge in [-0.3, -0.25) is 4.79 Å². The number of carbonyl (C=O) groups excluding carboxylic acids is 1. The fraction of sp³-hybridized carbons (Fsp3) is 0.0625. The molecule has 0 spiro atoms. The Labute approximate surface area is 153 Å². The van der Waals surface area contributed by atoms with Crippen LogP contribution in [0.2, 0.25) is 10.0 Å². The number of carbonyl (C=O) groups is 1. The number of hydrogen-bond acceptors (Lipinski definition) is 5. The second kappa shape index (κ2) is 7.42. The molecule has 0 saturated carbocycles. The number of tetrazole rings is 1. The number of halogens is 2. The maximum absolute atomic E-state index is 12.2. The van der Waals surface area contributed by atoms with E-state index in [2.05, 4.69) is 26.1 Å². The third-order valence-corrected chi connectivity index (χ3v) is 3.93. The lowest BCUT2D eigenvalue weighted by atomic mass is 10.1. The van der Waals surface area contributed by atoms with Gasteiger partial charge in [-0.25, -0.2) is 10.1 Å².